The monoisotopic (exact) mass is 590 g/mol. The smallest absolute Gasteiger partial charge is 0.334 e. The third kappa shape index (κ3) is 7.99. The second-order valence-corrected chi connectivity index (χ2v) is 11.4. The summed E-state index contributed by atoms with van der Waals surface area (Å²) in [7, 11) is 0. The molecule has 226 valence electrons. The van der Waals surface area contributed by atoms with Crippen molar-refractivity contribution >= 4 is 23.5 Å². The number of carbonyl (C=O) groups is 3. The van der Waals surface area contributed by atoms with E-state index in [-0.39, 0.29) is 18.9 Å². The average Bonchev–Trinajstić information content (AvgIpc) is 3.07. The first kappa shape index (κ1) is 30.7. The van der Waals surface area contributed by atoms with E-state index in [0.717, 1.165) is 27.9 Å². The van der Waals surface area contributed by atoms with Crippen LogP contribution in [0, 0.1) is 0 Å². The van der Waals surface area contributed by atoms with Crippen LogP contribution in [0.4, 0.5) is 5.69 Å². The van der Waals surface area contributed by atoms with Crippen LogP contribution in [-0.4, -0.2) is 40.6 Å². The van der Waals surface area contributed by atoms with Gasteiger partial charge < -0.3 is 20.4 Å². The van der Waals surface area contributed by atoms with Crippen LogP contribution in [0.25, 0.3) is 11.1 Å². The highest BCUT2D eigenvalue weighted by Gasteiger charge is 2.20. The van der Waals surface area contributed by atoms with E-state index in [2.05, 4.69) is 29.6 Å². The lowest BCUT2D eigenvalue weighted by atomic mass is 9.84. The number of aliphatic carboxylic acids is 1. The molecule has 2 amide bonds. The molecule has 0 spiro atoms. The zero-order chi connectivity index (χ0) is 30.9. The summed E-state index contributed by atoms with van der Waals surface area (Å²) in [6.45, 7) is -0.0648. The molecular formula is C37H38N2O5. The van der Waals surface area contributed by atoms with Crippen LogP contribution in [0.5, 0.6) is 0 Å². The van der Waals surface area contributed by atoms with Crippen molar-refractivity contribution in [2.75, 3.05) is 11.4 Å². The molecule has 7 nitrogen and oxygen atoms in total. The molecule has 0 aromatic heterocycles. The van der Waals surface area contributed by atoms with Crippen LogP contribution in [0.1, 0.15) is 65.1 Å². The minimum atomic E-state index is -1.67. The SMILES string of the molecule is O=C(NCC(O)C(=O)O)c1ccc(CN(C(=O)Cc2ccc(-c3ccccc3)cc2)c2ccc(C3CCCCC3)cc2)cc1. The number of rotatable bonds is 11. The highest BCUT2D eigenvalue weighted by molar-refractivity contribution is 5.95. The van der Waals surface area contributed by atoms with Gasteiger partial charge in [0.05, 0.1) is 19.5 Å². The lowest BCUT2D eigenvalue weighted by Crippen LogP contribution is -2.36. The minimum absolute atomic E-state index is 0.0349. The van der Waals surface area contributed by atoms with Gasteiger partial charge in [0.2, 0.25) is 5.91 Å². The summed E-state index contributed by atoms with van der Waals surface area (Å²) in [5.41, 5.74) is 6.46. The molecule has 0 radical (unpaired) electrons. The van der Waals surface area contributed by atoms with Crippen LogP contribution in [0.2, 0.25) is 0 Å². The number of anilines is 1. The number of hydrogen-bond donors (Lipinski definition) is 3. The van der Waals surface area contributed by atoms with E-state index in [9.17, 15) is 19.5 Å². The van der Waals surface area contributed by atoms with Gasteiger partial charge >= 0.3 is 5.97 Å². The molecule has 3 N–H and O–H groups in total. The topological polar surface area (TPSA) is 107 Å². The average molecular weight is 591 g/mol. The minimum Gasteiger partial charge on any atom is -0.479 e. The van der Waals surface area contributed by atoms with E-state index in [1.165, 1.54) is 37.7 Å². The van der Waals surface area contributed by atoms with E-state index in [0.29, 0.717) is 18.0 Å². The molecule has 1 fully saturated rings. The molecule has 5 rings (SSSR count). The highest BCUT2D eigenvalue weighted by atomic mass is 16.4. The van der Waals surface area contributed by atoms with Crippen molar-refractivity contribution in [1.29, 1.82) is 0 Å². The Morgan fingerprint density at radius 2 is 1.36 bits per heavy atom. The lowest BCUT2D eigenvalue weighted by molar-refractivity contribution is -0.146. The summed E-state index contributed by atoms with van der Waals surface area (Å²) >= 11 is 0. The van der Waals surface area contributed by atoms with Crippen molar-refractivity contribution in [3.8, 4) is 11.1 Å². The molecule has 4 aromatic carbocycles. The standard InChI is InChI=1S/C37H38N2O5/c40-34(37(43)44)24-38-36(42)32-17-13-27(14-18-32)25-39(33-21-19-31(20-22-33)29-9-5-2-6-10-29)35(41)23-26-11-15-30(16-12-26)28-7-3-1-4-8-28/h1,3-4,7-8,11-22,29,34,40H,2,5-6,9-10,23-25H2,(H,38,42)(H,43,44). The maximum absolute atomic E-state index is 13.8. The Morgan fingerprint density at radius 3 is 2.00 bits per heavy atom. The van der Waals surface area contributed by atoms with Crippen molar-refractivity contribution in [1.82, 2.24) is 5.32 Å². The summed E-state index contributed by atoms with van der Waals surface area (Å²) in [5, 5.41) is 20.7. The second kappa shape index (κ2) is 14.6. The molecule has 4 aromatic rings. The van der Waals surface area contributed by atoms with Crippen molar-refractivity contribution < 1.29 is 24.6 Å². The van der Waals surface area contributed by atoms with Crippen molar-refractivity contribution in [2.24, 2.45) is 0 Å². The predicted molar refractivity (Wildman–Crippen MR) is 171 cm³/mol. The Kier molecular flexibility index (Phi) is 10.2. The Labute approximate surface area is 258 Å². The van der Waals surface area contributed by atoms with Crippen LogP contribution >= 0.6 is 0 Å². The summed E-state index contributed by atoms with van der Waals surface area (Å²) in [5.74, 6) is -1.35. The number of amides is 2. The first-order valence-corrected chi connectivity index (χ1v) is 15.2. The van der Waals surface area contributed by atoms with E-state index in [1.807, 2.05) is 54.6 Å². The van der Waals surface area contributed by atoms with Gasteiger partial charge in [-0.2, -0.15) is 0 Å². The summed E-state index contributed by atoms with van der Waals surface area (Å²) in [6, 6.07) is 33.4. The fourth-order valence-corrected chi connectivity index (χ4v) is 5.72. The van der Waals surface area contributed by atoms with Gasteiger partial charge in [0.15, 0.2) is 6.10 Å². The molecule has 0 aliphatic heterocycles. The van der Waals surface area contributed by atoms with Crippen LogP contribution < -0.4 is 10.2 Å². The summed E-state index contributed by atoms with van der Waals surface area (Å²) in [6.07, 6.45) is 4.80. The van der Waals surface area contributed by atoms with Crippen molar-refractivity contribution in [3.05, 3.63) is 125 Å². The third-order valence-corrected chi connectivity index (χ3v) is 8.30. The van der Waals surface area contributed by atoms with Crippen molar-refractivity contribution in [2.45, 2.75) is 57.1 Å². The van der Waals surface area contributed by atoms with Gasteiger partial charge in [-0.1, -0.05) is 98.1 Å². The third-order valence-electron chi connectivity index (χ3n) is 8.30. The predicted octanol–water partition coefficient (Wildman–Crippen LogP) is 6.35. The Bertz CT molecular complexity index is 1540. The number of hydrogen-bond acceptors (Lipinski definition) is 4. The van der Waals surface area contributed by atoms with Crippen LogP contribution in [-0.2, 0) is 22.6 Å². The normalized spacial score (nSPS) is 14.0. The number of nitrogens with zero attached hydrogens (tertiary/aromatic N) is 1. The maximum atomic E-state index is 13.8. The van der Waals surface area contributed by atoms with E-state index in [4.69, 9.17) is 5.11 Å². The molecule has 0 bridgehead atoms. The number of carboxylic acid groups (broad SMARTS) is 1. The number of carboxylic acids is 1. The van der Waals surface area contributed by atoms with E-state index >= 15 is 0 Å². The van der Waals surface area contributed by atoms with Gasteiger partial charge in [-0.15, -0.1) is 0 Å². The van der Waals surface area contributed by atoms with Gasteiger partial charge in [-0.05, 0) is 70.8 Å². The maximum Gasteiger partial charge on any atom is 0.334 e. The summed E-state index contributed by atoms with van der Waals surface area (Å²) < 4.78 is 0. The molecule has 1 unspecified atom stereocenters. The first-order valence-electron chi connectivity index (χ1n) is 15.2. The fourth-order valence-electron chi connectivity index (χ4n) is 5.72. The number of carbonyl (C=O) groups excluding carboxylic acids is 2. The van der Waals surface area contributed by atoms with Gasteiger partial charge in [0.25, 0.3) is 5.91 Å². The quantitative estimate of drug-likeness (QED) is 0.189. The largest absolute Gasteiger partial charge is 0.479 e. The van der Waals surface area contributed by atoms with Crippen LogP contribution in [0.15, 0.2) is 103 Å². The van der Waals surface area contributed by atoms with Crippen LogP contribution in [0.3, 0.4) is 0 Å². The summed E-state index contributed by atoms with van der Waals surface area (Å²) in [4.78, 5) is 38.9. The first-order chi connectivity index (χ1) is 21.4. The Hall–Kier alpha value is -4.75. The van der Waals surface area contributed by atoms with Gasteiger partial charge in [0, 0.05) is 11.3 Å². The molecule has 7 heteroatoms. The second-order valence-electron chi connectivity index (χ2n) is 11.4. The van der Waals surface area contributed by atoms with Gasteiger partial charge in [-0.25, -0.2) is 4.79 Å². The number of benzene rings is 4. The molecule has 44 heavy (non-hydrogen) atoms. The van der Waals surface area contributed by atoms with Gasteiger partial charge in [0.1, 0.15) is 0 Å². The number of nitrogens with one attached hydrogen (secondary N) is 1. The molecule has 1 atom stereocenters. The van der Waals surface area contributed by atoms with E-state index < -0.39 is 18.0 Å². The zero-order valence-corrected chi connectivity index (χ0v) is 24.7. The molecule has 1 saturated carbocycles. The van der Waals surface area contributed by atoms with Crippen molar-refractivity contribution in [3.63, 3.8) is 0 Å². The zero-order valence-electron chi connectivity index (χ0n) is 24.7. The number of aliphatic hydroxyl groups excluding tert-OH is 1. The molecule has 1 aliphatic rings. The molecule has 1 aliphatic carbocycles. The lowest BCUT2D eigenvalue weighted by Gasteiger charge is -2.26. The molecule has 0 heterocycles. The van der Waals surface area contributed by atoms with E-state index in [1.54, 1.807) is 29.2 Å². The fraction of sp³-hybridized carbons (Fsp3) is 0.270. The molecule has 0 saturated heterocycles. The number of aliphatic hydroxyl groups is 1. The highest BCUT2D eigenvalue weighted by Crippen LogP contribution is 2.33. The Morgan fingerprint density at radius 1 is 0.750 bits per heavy atom. The molecular weight excluding hydrogens is 552 g/mol. The Balaban J connectivity index is 1.32. The van der Waals surface area contributed by atoms with Gasteiger partial charge in [-0.3, -0.25) is 9.59 Å².